The first kappa shape index (κ1) is 38.6. The van der Waals surface area contributed by atoms with E-state index in [4.69, 9.17) is 11.2 Å². The Morgan fingerprint density at radius 1 is 0.622 bits per heavy atom. The van der Waals surface area contributed by atoms with E-state index < -0.39 is 0 Å². The third-order valence-corrected chi connectivity index (χ3v) is 6.12. The fraction of sp³-hybridized carbons (Fsp3) is 0.0263. The molecule has 7 heteroatoms. The number of rotatable bonds is 1. The maximum atomic E-state index is 10.6. The van der Waals surface area contributed by atoms with E-state index in [2.05, 4.69) is 61.5 Å². The topological polar surface area (TPSA) is 76.5 Å². The molecular weight excluding hydrogens is 687 g/mol. The number of ether oxygens (including phenoxy) is 1. The molecule has 0 aromatic heterocycles. The molecule has 0 unspecified atom stereocenters. The fourth-order valence-corrected chi connectivity index (χ4v) is 4.63. The van der Waals surface area contributed by atoms with Crippen molar-refractivity contribution in [1.29, 1.82) is 0 Å². The van der Waals surface area contributed by atoms with Crippen molar-refractivity contribution >= 4 is 37.8 Å². The van der Waals surface area contributed by atoms with Gasteiger partial charge in [-0.25, -0.2) is 0 Å². The zero-order valence-corrected chi connectivity index (χ0v) is 27.8. The fourth-order valence-electron chi connectivity index (χ4n) is 3.37. The summed E-state index contributed by atoms with van der Waals surface area (Å²) in [7, 11) is 0. The largest absolute Gasteiger partial charge is 1.00 e. The molecule has 0 spiro atoms. The van der Waals surface area contributed by atoms with Crippen LogP contribution in [0.4, 0.5) is 0 Å². The number of carbonyl (C=O) groups excluding carboxylic acids is 1. The van der Waals surface area contributed by atoms with Gasteiger partial charge in [0.15, 0.2) is 0 Å². The van der Waals surface area contributed by atoms with Crippen molar-refractivity contribution in [2.45, 2.75) is 6.92 Å². The number of esters is 1. The van der Waals surface area contributed by atoms with Crippen LogP contribution < -0.4 is 23.6 Å². The molecule has 0 aliphatic heterocycles. The minimum atomic E-state index is -0.319. The van der Waals surface area contributed by atoms with E-state index in [9.17, 15) is 9.90 Å². The molecule has 0 bridgehead atoms. The van der Waals surface area contributed by atoms with E-state index in [1.165, 1.54) is 6.92 Å². The van der Waals surface area contributed by atoms with E-state index in [0.29, 0.717) is 5.75 Å². The third-order valence-electron chi connectivity index (χ3n) is 5.21. The van der Waals surface area contributed by atoms with Gasteiger partial charge in [-0.1, -0.05) is 116 Å². The summed E-state index contributed by atoms with van der Waals surface area (Å²) in [4.78, 5) is 10.6. The summed E-state index contributed by atoms with van der Waals surface area (Å²) in [6.45, 7) is 1.37. The van der Waals surface area contributed by atoms with Gasteiger partial charge in [-0.15, -0.1) is 6.42 Å². The Labute approximate surface area is 293 Å². The minimum Gasteiger partial charge on any atom is -0.870 e. The predicted octanol–water partition coefficient (Wildman–Crippen LogP) is 5.82. The van der Waals surface area contributed by atoms with Crippen LogP contribution in [0.25, 0.3) is 0 Å². The van der Waals surface area contributed by atoms with Crippen LogP contribution in [0.1, 0.15) is 34.7 Å². The molecule has 0 aliphatic rings. The standard InChI is InChI=1S/C22H14O.C8H6Br2O2.C8H6.Li.H2O/c23-22-16-20(13-11-18-7-3-1-4-8-18)15-21(17-22)14-12-19-9-5-2-6-10-19;1-5(11)12-8-3-6(9)2-7(10)4-8;1-2-8-6-4-3-5-7-8;;/h1-10,15-17,23H;2-4H,1H3;1,3-7H;;1H2/q;;;+1;/p-1. The van der Waals surface area contributed by atoms with Gasteiger partial charge < -0.3 is 15.3 Å². The number of terminal acetylenes is 1. The monoisotopic (exact) mass is 712 g/mol. The van der Waals surface area contributed by atoms with Crippen LogP contribution in [0.5, 0.6) is 11.5 Å². The van der Waals surface area contributed by atoms with Crippen LogP contribution in [0.2, 0.25) is 0 Å². The van der Waals surface area contributed by atoms with Crippen molar-refractivity contribution in [3.8, 4) is 47.5 Å². The van der Waals surface area contributed by atoms with Crippen LogP contribution in [0.15, 0.2) is 136 Å². The van der Waals surface area contributed by atoms with Gasteiger partial charge in [-0.3, -0.25) is 4.79 Å². The number of hydrogen-bond acceptors (Lipinski definition) is 4. The minimum absolute atomic E-state index is 0. The van der Waals surface area contributed by atoms with E-state index in [1.807, 2.05) is 103 Å². The Balaban J connectivity index is 0.000000386. The first-order chi connectivity index (χ1) is 20.8. The molecule has 0 amide bonds. The van der Waals surface area contributed by atoms with Crippen LogP contribution in [-0.4, -0.2) is 16.6 Å². The van der Waals surface area contributed by atoms with Gasteiger partial charge in [-0.2, -0.15) is 0 Å². The molecule has 0 saturated carbocycles. The number of phenolic OH excluding ortho intramolecular Hbond substituents is 1. The van der Waals surface area contributed by atoms with Gasteiger partial charge in [-0.05, 0) is 72.8 Å². The predicted molar refractivity (Wildman–Crippen MR) is 182 cm³/mol. The summed E-state index contributed by atoms with van der Waals surface area (Å²) in [5.41, 5.74) is 4.30. The molecule has 45 heavy (non-hydrogen) atoms. The summed E-state index contributed by atoms with van der Waals surface area (Å²) in [6, 6.07) is 39.6. The van der Waals surface area contributed by atoms with Crippen molar-refractivity contribution in [3.05, 3.63) is 164 Å². The summed E-state index contributed by atoms with van der Waals surface area (Å²) in [6.07, 6.45) is 5.10. The molecule has 5 aromatic carbocycles. The van der Waals surface area contributed by atoms with Gasteiger partial charge >= 0.3 is 24.8 Å². The normalized spacial score (nSPS) is 8.67. The maximum Gasteiger partial charge on any atom is 1.00 e. The number of phenols is 1. The van der Waals surface area contributed by atoms with Crippen molar-refractivity contribution in [2.24, 2.45) is 0 Å². The Bertz CT molecular complexity index is 1720. The van der Waals surface area contributed by atoms with E-state index in [0.717, 1.165) is 36.8 Å². The summed E-state index contributed by atoms with van der Waals surface area (Å²) in [5, 5.41) is 9.85. The first-order valence-electron chi connectivity index (χ1n) is 12.9. The van der Waals surface area contributed by atoms with Crippen LogP contribution in [0.3, 0.4) is 0 Å². The average Bonchev–Trinajstić information content (AvgIpc) is 3.00. The van der Waals surface area contributed by atoms with Gasteiger partial charge in [0.25, 0.3) is 0 Å². The van der Waals surface area contributed by atoms with Crippen molar-refractivity contribution < 1.29 is 39.0 Å². The van der Waals surface area contributed by atoms with Crippen LogP contribution in [-0.2, 0) is 4.79 Å². The average molecular weight is 714 g/mol. The first-order valence-corrected chi connectivity index (χ1v) is 14.5. The Kier molecular flexibility index (Phi) is 18.3. The van der Waals surface area contributed by atoms with E-state index >= 15 is 0 Å². The molecule has 0 saturated heterocycles. The van der Waals surface area contributed by atoms with Crippen molar-refractivity contribution in [2.75, 3.05) is 0 Å². The second-order valence-corrected chi connectivity index (χ2v) is 10.5. The van der Waals surface area contributed by atoms with Crippen molar-refractivity contribution in [3.63, 3.8) is 0 Å². The zero-order valence-electron chi connectivity index (χ0n) is 24.7. The zero-order chi connectivity index (χ0) is 30.9. The summed E-state index contributed by atoms with van der Waals surface area (Å²) in [5.74, 6) is 15.2. The van der Waals surface area contributed by atoms with Crippen molar-refractivity contribution in [1.82, 2.24) is 0 Å². The third kappa shape index (κ3) is 15.7. The molecule has 5 rings (SSSR count). The van der Waals surface area contributed by atoms with E-state index in [1.54, 1.807) is 24.3 Å². The molecular formula is C38H27Br2LiO4. The van der Waals surface area contributed by atoms with Crippen LogP contribution >= 0.6 is 31.9 Å². The van der Waals surface area contributed by atoms with Crippen LogP contribution in [0, 0.1) is 36.0 Å². The number of halogens is 2. The molecule has 218 valence electrons. The molecule has 0 aliphatic carbocycles. The number of hydrogen-bond donors (Lipinski definition) is 1. The molecule has 0 fully saturated rings. The number of aromatic hydroxyl groups is 1. The van der Waals surface area contributed by atoms with Gasteiger partial charge in [0, 0.05) is 43.7 Å². The molecule has 0 atom stereocenters. The van der Waals surface area contributed by atoms with Gasteiger partial charge in [0.1, 0.15) is 11.5 Å². The molecule has 0 radical (unpaired) electrons. The van der Waals surface area contributed by atoms with Gasteiger partial charge in [0.2, 0.25) is 0 Å². The summed E-state index contributed by atoms with van der Waals surface area (Å²) < 4.78 is 6.61. The second-order valence-electron chi connectivity index (χ2n) is 8.71. The SMILES string of the molecule is C#Cc1ccccc1.CC(=O)Oc1cc(Br)cc(Br)c1.Oc1cc(C#Cc2ccccc2)cc(C#Cc2ccccc2)c1.[Li+].[OH-]. The smallest absolute Gasteiger partial charge is 0.870 e. The number of carbonyl (C=O) groups is 1. The molecule has 4 nitrogen and oxygen atoms in total. The second kappa shape index (κ2) is 21.3. The Hall–Kier alpha value is -4.43. The van der Waals surface area contributed by atoms with Gasteiger partial charge in [0.05, 0.1) is 0 Å². The molecule has 5 aromatic rings. The van der Waals surface area contributed by atoms with E-state index in [-0.39, 0.29) is 36.1 Å². The molecule has 2 N–H and O–H groups in total. The maximum absolute atomic E-state index is 10.6. The molecule has 0 heterocycles. The number of benzene rings is 5. The summed E-state index contributed by atoms with van der Waals surface area (Å²) >= 11 is 6.56. The Morgan fingerprint density at radius 3 is 1.36 bits per heavy atom. The quantitative estimate of drug-likeness (QED) is 0.103. The Morgan fingerprint density at radius 2 is 1.00 bits per heavy atom.